The zero-order valence-electron chi connectivity index (χ0n) is 16.9. The molecule has 2 N–H and O–H groups in total. The Hall–Kier alpha value is -3.79. The molecule has 0 fully saturated rings. The molecule has 1 aliphatic rings. The highest BCUT2D eigenvalue weighted by Crippen LogP contribution is 2.27. The van der Waals surface area contributed by atoms with E-state index in [1.165, 1.54) is 18.1 Å². The summed E-state index contributed by atoms with van der Waals surface area (Å²) < 4.78 is 23.9. The zero-order chi connectivity index (χ0) is 22.4. The fraction of sp³-hybridized carbons (Fsp3) is 0.238. The average molecular weight is 428 g/mol. The predicted molar refractivity (Wildman–Crippen MR) is 110 cm³/mol. The third-order valence-electron chi connectivity index (χ3n) is 4.52. The maximum Gasteiger partial charge on any atom is 0.331 e. The minimum absolute atomic E-state index is 0.201. The van der Waals surface area contributed by atoms with Crippen LogP contribution >= 0.6 is 0 Å². The number of aliphatic imine (C=N–C) groups is 1. The first-order chi connectivity index (χ1) is 14.9. The summed E-state index contributed by atoms with van der Waals surface area (Å²) in [7, 11) is 2.76. The van der Waals surface area contributed by atoms with Gasteiger partial charge in [-0.05, 0) is 18.2 Å². The highest BCUT2D eigenvalue weighted by Gasteiger charge is 2.31. The number of nitrogens with zero attached hydrogens (tertiary/aromatic N) is 2. The van der Waals surface area contributed by atoms with Crippen LogP contribution in [-0.2, 0) is 19.1 Å². The normalized spacial score (nSPS) is 15.5. The van der Waals surface area contributed by atoms with Crippen molar-refractivity contribution in [1.82, 2.24) is 10.6 Å². The molecule has 2 aromatic rings. The molecule has 0 radical (unpaired) electrons. The number of benzodiazepines with no additional fused rings is 1. The number of para-hydroxylation sites is 1. The lowest BCUT2D eigenvalue weighted by Gasteiger charge is -2.21. The molecule has 0 spiro atoms. The maximum absolute atomic E-state index is 14.6. The van der Waals surface area contributed by atoms with Crippen molar-refractivity contribution in [2.24, 2.45) is 4.99 Å². The van der Waals surface area contributed by atoms with Gasteiger partial charge in [0.25, 0.3) is 5.91 Å². The Labute approximate surface area is 177 Å². The second kappa shape index (κ2) is 9.81. The third kappa shape index (κ3) is 5.04. The van der Waals surface area contributed by atoms with Crippen LogP contribution in [0.4, 0.5) is 14.9 Å². The van der Waals surface area contributed by atoms with Crippen molar-refractivity contribution in [1.29, 1.82) is 0 Å². The standard InChI is InChI=1S/C21H21FN4O5/c1-26-16-10-6-4-8-14(16)18(13-7-3-5-9-15(13)22)24-19(20(26)28)25-21(29)23-12-31-11-17(27)30-2/h3-10,19H,11-12H2,1-2H3,(H2,23,25,29). The van der Waals surface area contributed by atoms with Gasteiger partial charge < -0.3 is 25.0 Å². The number of methoxy groups -OCH3 is 1. The molecule has 31 heavy (non-hydrogen) atoms. The SMILES string of the molecule is COC(=O)COCNC(=O)NC1N=C(c2ccccc2F)c2ccccc2N(C)C1=O. The van der Waals surface area contributed by atoms with Crippen LogP contribution in [0, 0.1) is 5.82 Å². The van der Waals surface area contributed by atoms with E-state index < -0.39 is 29.9 Å². The van der Waals surface area contributed by atoms with Crippen molar-refractivity contribution in [3.63, 3.8) is 0 Å². The quantitative estimate of drug-likeness (QED) is 0.411. The lowest BCUT2D eigenvalue weighted by Crippen LogP contribution is -2.49. The Bertz CT molecular complexity index is 1030. The maximum atomic E-state index is 14.6. The van der Waals surface area contributed by atoms with Gasteiger partial charge in [-0.3, -0.25) is 4.79 Å². The van der Waals surface area contributed by atoms with Crippen LogP contribution in [0.5, 0.6) is 0 Å². The van der Waals surface area contributed by atoms with Crippen molar-refractivity contribution < 1.29 is 28.2 Å². The number of amides is 3. The molecular weight excluding hydrogens is 407 g/mol. The number of anilines is 1. The van der Waals surface area contributed by atoms with Gasteiger partial charge in [0.15, 0.2) is 0 Å². The summed E-state index contributed by atoms with van der Waals surface area (Å²) in [6.45, 7) is -0.630. The third-order valence-corrected chi connectivity index (χ3v) is 4.52. The van der Waals surface area contributed by atoms with Crippen LogP contribution in [0.15, 0.2) is 53.5 Å². The molecule has 0 saturated heterocycles. The molecule has 10 heteroatoms. The fourth-order valence-corrected chi connectivity index (χ4v) is 2.97. The van der Waals surface area contributed by atoms with Gasteiger partial charge in [0, 0.05) is 18.2 Å². The monoisotopic (exact) mass is 428 g/mol. The first-order valence-electron chi connectivity index (χ1n) is 9.31. The second-order valence-electron chi connectivity index (χ2n) is 6.49. The smallest absolute Gasteiger partial charge is 0.331 e. The zero-order valence-corrected chi connectivity index (χ0v) is 16.9. The number of urea groups is 1. The van der Waals surface area contributed by atoms with Crippen molar-refractivity contribution in [3.8, 4) is 0 Å². The first kappa shape index (κ1) is 21.9. The molecule has 3 rings (SSSR count). The summed E-state index contributed by atoms with van der Waals surface area (Å²) in [5, 5.41) is 4.81. The van der Waals surface area contributed by atoms with E-state index >= 15 is 0 Å². The van der Waals surface area contributed by atoms with Crippen molar-refractivity contribution >= 4 is 29.3 Å². The molecule has 0 aliphatic carbocycles. The summed E-state index contributed by atoms with van der Waals surface area (Å²) in [5.74, 6) is -1.61. The van der Waals surface area contributed by atoms with Gasteiger partial charge in [-0.25, -0.2) is 19.0 Å². The minimum Gasteiger partial charge on any atom is -0.467 e. The van der Waals surface area contributed by atoms with Gasteiger partial charge in [0.05, 0.1) is 18.5 Å². The number of hydrogen-bond donors (Lipinski definition) is 2. The summed E-state index contributed by atoms with van der Waals surface area (Å²) >= 11 is 0. The number of fused-ring (bicyclic) bond motifs is 1. The van der Waals surface area contributed by atoms with Crippen molar-refractivity contribution in [2.45, 2.75) is 6.17 Å². The topological polar surface area (TPSA) is 109 Å². The van der Waals surface area contributed by atoms with E-state index in [4.69, 9.17) is 4.74 Å². The number of carbonyl (C=O) groups excluding carboxylic acids is 3. The van der Waals surface area contributed by atoms with E-state index in [0.717, 1.165) is 0 Å². The molecule has 162 valence electrons. The molecular formula is C21H21FN4O5. The lowest BCUT2D eigenvalue weighted by molar-refractivity contribution is -0.146. The van der Waals surface area contributed by atoms with Gasteiger partial charge in [-0.2, -0.15) is 0 Å². The van der Waals surface area contributed by atoms with E-state index in [-0.39, 0.29) is 24.6 Å². The Kier molecular flexibility index (Phi) is 6.93. The van der Waals surface area contributed by atoms with E-state index in [1.807, 2.05) is 0 Å². The Balaban J connectivity index is 1.86. The summed E-state index contributed by atoms with van der Waals surface area (Å²) in [6, 6.07) is 12.3. The molecule has 2 aromatic carbocycles. The van der Waals surface area contributed by atoms with Crippen LogP contribution < -0.4 is 15.5 Å². The van der Waals surface area contributed by atoms with E-state index in [9.17, 15) is 18.8 Å². The number of carbonyl (C=O) groups is 3. The first-order valence-corrected chi connectivity index (χ1v) is 9.31. The number of ether oxygens (including phenoxy) is 2. The molecule has 1 aliphatic heterocycles. The lowest BCUT2D eigenvalue weighted by atomic mass is 10.00. The van der Waals surface area contributed by atoms with Gasteiger partial charge in [0.1, 0.15) is 19.2 Å². The molecule has 0 saturated carbocycles. The second-order valence-corrected chi connectivity index (χ2v) is 6.49. The van der Waals surface area contributed by atoms with Crippen LogP contribution in [0.3, 0.4) is 0 Å². The highest BCUT2D eigenvalue weighted by atomic mass is 19.1. The number of hydrogen-bond acceptors (Lipinski definition) is 6. The van der Waals surface area contributed by atoms with Gasteiger partial charge >= 0.3 is 12.0 Å². The van der Waals surface area contributed by atoms with Crippen LogP contribution in [0.1, 0.15) is 11.1 Å². The van der Waals surface area contributed by atoms with Gasteiger partial charge in [-0.15, -0.1) is 0 Å². The number of likely N-dealkylation sites (N-methyl/N-ethyl adjacent to an activating group) is 1. The van der Waals surface area contributed by atoms with E-state index in [1.54, 1.807) is 49.5 Å². The van der Waals surface area contributed by atoms with E-state index in [0.29, 0.717) is 11.3 Å². The van der Waals surface area contributed by atoms with Crippen molar-refractivity contribution in [3.05, 3.63) is 65.5 Å². The van der Waals surface area contributed by atoms with Gasteiger partial charge in [0.2, 0.25) is 6.17 Å². The Morgan fingerprint density at radius 3 is 2.52 bits per heavy atom. The molecule has 1 unspecified atom stereocenters. The van der Waals surface area contributed by atoms with Crippen molar-refractivity contribution in [2.75, 3.05) is 32.4 Å². The van der Waals surface area contributed by atoms with Gasteiger partial charge in [-0.1, -0.05) is 30.3 Å². The van der Waals surface area contributed by atoms with E-state index in [2.05, 4.69) is 20.4 Å². The number of esters is 1. The molecule has 0 aromatic heterocycles. The minimum atomic E-state index is -1.31. The number of benzene rings is 2. The Morgan fingerprint density at radius 2 is 1.81 bits per heavy atom. The molecule has 9 nitrogen and oxygen atoms in total. The molecule has 1 atom stereocenters. The Morgan fingerprint density at radius 1 is 1.13 bits per heavy atom. The number of halogens is 1. The van der Waals surface area contributed by atoms with Crippen LogP contribution in [-0.4, -0.2) is 57.3 Å². The average Bonchev–Trinajstić information content (AvgIpc) is 2.88. The largest absolute Gasteiger partial charge is 0.467 e. The molecule has 1 heterocycles. The number of nitrogens with one attached hydrogen (secondary N) is 2. The number of rotatable bonds is 6. The molecule has 0 bridgehead atoms. The summed E-state index contributed by atoms with van der Waals surface area (Å²) in [5.41, 5.74) is 1.51. The molecule has 3 amide bonds. The fourth-order valence-electron chi connectivity index (χ4n) is 2.97. The van der Waals surface area contributed by atoms with Crippen LogP contribution in [0.2, 0.25) is 0 Å². The predicted octanol–water partition coefficient (Wildman–Crippen LogP) is 1.41. The van der Waals surface area contributed by atoms with Crippen LogP contribution in [0.25, 0.3) is 0 Å². The summed E-state index contributed by atoms with van der Waals surface area (Å²) in [6.07, 6.45) is -1.31. The highest BCUT2D eigenvalue weighted by molar-refractivity contribution is 6.20. The summed E-state index contributed by atoms with van der Waals surface area (Å²) in [4.78, 5) is 42.0.